The molecular weight excluding hydrogens is 340 g/mol. The van der Waals surface area contributed by atoms with E-state index in [0.29, 0.717) is 23.6 Å². The number of carbonyl (C=O) groups is 1. The summed E-state index contributed by atoms with van der Waals surface area (Å²) in [4.78, 5) is 14.9. The van der Waals surface area contributed by atoms with Crippen molar-refractivity contribution in [1.82, 2.24) is 4.90 Å². The van der Waals surface area contributed by atoms with Gasteiger partial charge in [0.2, 0.25) is 0 Å². The molecular formula is C22H28N2O3. The molecule has 1 amide bonds. The summed E-state index contributed by atoms with van der Waals surface area (Å²) in [6, 6.07) is 12.0. The zero-order chi connectivity index (χ0) is 19.4. The second-order valence-electron chi connectivity index (χ2n) is 7.10. The lowest BCUT2D eigenvalue weighted by Gasteiger charge is -2.34. The van der Waals surface area contributed by atoms with Crippen molar-refractivity contribution in [3.63, 3.8) is 0 Å². The molecule has 2 aromatic carbocycles. The van der Waals surface area contributed by atoms with E-state index in [0.717, 1.165) is 25.1 Å². The van der Waals surface area contributed by atoms with E-state index in [2.05, 4.69) is 37.4 Å². The van der Waals surface area contributed by atoms with Gasteiger partial charge in [0.15, 0.2) is 11.5 Å². The average molecular weight is 368 g/mol. The van der Waals surface area contributed by atoms with Crippen LogP contribution in [-0.2, 0) is 0 Å². The van der Waals surface area contributed by atoms with Crippen LogP contribution in [0, 0.1) is 13.8 Å². The van der Waals surface area contributed by atoms with Crippen LogP contribution in [0.3, 0.4) is 0 Å². The largest absolute Gasteiger partial charge is 0.493 e. The van der Waals surface area contributed by atoms with Gasteiger partial charge in [0.25, 0.3) is 5.91 Å². The minimum Gasteiger partial charge on any atom is -0.493 e. The highest BCUT2D eigenvalue weighted by atomic mass is 16.5. The van der Waals surface area contributed by atoms with Crippen LogP contribution in [-0.4, -0.2) is 44.2 Å². The summed E-state index contributed by atoms with van der Waals surface area (Å²) in [6.07, 6.45) is 2.05. The number of benzene rings is 2. The molecule has 0 bridgehead atoms. The minimum absolute atomic E-state index is 0.0301. The third-order valence-electron chi connectivity index (χ3n) is 5.22. The van der Waals surface area contributed by atoms with E-state index in [-0.39, 0.29) is 11.9 Å². The molecule has 5 nitrogen and oxygen atoms in total. The lowest BCUT2D eigenvalue weighted by molar-refractivity contribution is 0.0714. The van der Waals surface area contributed by atoms with Crippen molar-refractivity contribution in [2.45, 2.75) is 32.7 Å². The first-order valence-corrected chi connectivity index (χ1v) is 9.37. The van der Waals surface area contributed by atoms with Crippen LogP contribution in [0.1, 0.15) is 34.3 Å². The summed E-state index contributed by atoms with van der Waals surface area (Å²) < 4.78 is 10.6. The number of nitrogens with zero attached hydrogens (tertiary/aromatic N) is 1. The topological polar surface area (TPSA) is 50.8 Å². The van der Waals surface area contributed by atoms with E-state index >= 15 is 0 Å². The Balaban J connectivity index is 1.70. The Morgan fingerprint density at radius 3 is 2.52 bits per heavy atom. The molecule has 5 heteroatoms. The van der Waals surface area contributed by atoms with E-state index in [1.807, 2.05) is 4.90 Å². The molecule has 27 heavy (non-hydrogen) atoms. The molecule has 0 aromatic heterocycles. The summed E-state index contributed by atoms with van der Waals surface area (Å²) in [5, 5.41) is 3.59. The SMILES string of the molecule is COc1ccc(C(=O)N2CCC[C@@H](Nc3ccc(C)c(C)c3)C2)cc1OC. The summed E-state index contributed by atoms with van der Waals surface area (Å²) in [5.41, 5.74) is 4.30. The summed E-state index contributed by atoms with van der Waals surface area (Å²) in [7, 11) is 3.17. The Morgan fingerprint density at radius 1 is 1.04 bits per heavy atom. The molecule has 0 unspecified atom stereocenters. The zero-order valence-corrected chi connectivity index (χ0v) is 16.5. The smallest absolute Gasteiger partial charge is 0.254 e. The molecule has 1 saturated heterocycles. The monoisotopic (exact) mass is 368 g/mol. The van der Waals surface area contributed by atoms with Crippen molar-refractivity contribution < 1.29 is 14.3 Å². The number of anilines is 1. The summed E-state index contributed by atoms with van der Waals surface area (Å²) >= 11 is 0. The van der Waals surface area contributed by atoms with Gasteiger partial charge in [-0.15, -0.1) is 0 Å². The van der Waals surface area contributed by atoms with Crippen LogP contribution in [0.5, 0.6) is 11.5 Å². The first-order valence-electron chi connectivity index (χ1n) is 9.37. The molecule has 3 rings (SSSR count). The third kappa shape index (κ3) is 4.35. The van der Waals surface area contributed by atoms with Gasteiger partial charge in [-0.1, -0.05) is 6.07 Å². The van der Waals surface area contributed by atoms with Crippen molar-refractivity contribution in [2.24, 2.45) is 0 Å². The Labute approximate surface area is 161 Å². The van der Waals surface area contributed by atoms with Crippen LogP contribution in [0.15, 0.2) is 36.4 Å². The second-order valence-corrected chi connectivity index (χ2v) is 7.10. The molecule has 1 N–H and O–H groups in total. The van der Waals surface area contributed by atoms with E-state index in [1.165, 1.54) is 11.1 Å². The maximum absolute atomic E-state index is 13.0. The number of piperidine rings is 1. The van der Waals surface area contributed by atoms with Gasteiger partial charge in [-0.25, -0.2) is 0 Å². The minimum atomic E-state index is 0.0301. The molecule has 144 valence electrons. The van der Waals surface area contributed by atoms with Crippen molar-refractivity contribution in [3.8, 4) is 11.5 Å². The van der Waals surface area contributed by atoms with Crippen LogP contribution in [0.4, 0.5) is 5.69 Å². The number of methoxy groups -OCH3 is 2. The lowest BCUT2D eigenvalue weighted by atomic mass is 10.0. The van der Waals surface area contributed by atoms with Crippen molar-refractivity contribution in [3.05, 3.63) is 53.1 Å². The molecule has 0 spiro atoms. The van der Waals surface area contributed by atoms with Crippen LogP contribution < -0.4 is 14.8 Å². The average Bonchev–Trinajstić information content (AvgIpc) is 2.70. The van der Waals surface area contributed by atoms with E-state index in [9.17, 15) is 4.79 Å². The molecule has 1 heterocycles. The molecule has 1 aliphatic heterocycles. The number of rotatable bonds is 5. The number of likely N-dealkylation sites (tertiary alicyclic amines) is 1. The Bertz CT molecular complexity index is 819. The highest BCUT2D eigenvalue weighted by molar-refractivity contribution is 5.95. The number of nitrogens with one attached hydrogen (secondary N) is 1. The molecule has 1 fully saturated rings. The number of hydrogen-bond donors (Lipinski definition) is 1. The summed E-state index contributed by atoms with van der Waals surface area (Å²) in [5.74, 6) is 1.23. The summed E-state index contributed by atoms with van der Waals surface area (Å²) in [6.45, 7) is 5.70. The van der Waals surface area contributed by atoms with Crippen LogP contribution >= 0.6 is 0 Å². The van der Waals surface area contributed by atoms with Crippen molar-refractivity contribution >= 4 is 11.6 Å². The van der Waals surface area contributed by atoms with Crippen LogP contribution in [0.25, 0.3) is 0 Å². The highest BCUT2D eigenvalue weighted by Crippen LogP contribution is 2.28. The fraction of sp³-hybridized carbons (Fsp3) is 0.409. The molecule has 0 saturated carbocycles. The maximum atomic E-state index is 13.0. The van der Waals surface area contributed by atoms with E-state index in [4.69, 9.17) is 9.47 Å². The van der Waals surface area contributed by atoms with Gasteiger partial charge in [0, 0.05) is 30.4 Å². The van der Waals surface area contributed by atoms with Crippen LogP contribution in [0.2, 0.25) is 0 Å². The van der Waals surface area contributed by atoms with Gasteiger partial charge in [-0.2, -0.15) is 0 Å². The molecule has 0 radical (unpaired) electrons. The number of ether oxygens (including phenoxy) is 2. The van der Waals surface area contributed by atoms with Gasteiger partial charge in [0.05, 0.1) is 14.2 Å². The number of carbonyl (C=O) groups excluding carboxylic acids is 1. The van der Waals surface area contributed by atoms with Gasteiger partial charge < -0.3 is 19.7 Å². The van der Waals surface area contributed by atoms with Gasteiger partial charge in [-0.05, 0) is 68.1 Å². The van der Waals surface area contributed by atoms with Gasteiger partial charge in [0.1, 0.15) is 0 Å². The highest BCUT2D eigenvalue weighted by Gasteiger charge is 2.25. The molecule has 1 aliphatic rings. The lowest BCUT2D eigenvalue weighted by Crippen LogP contribution is -2.45. The third-order valence-corrected chi connectivity index (χ3v) is 5.22. The van der Waals surface area contributed by atoms with Gasteiger partial charge in [-0.3, -0.25) is 4.79 Å². The standard InChI is InChI=1S/C22H28N2O3/c1-15-7-9-18(12-16(15)2)23-19-6-5-11-24(14-19)22(25)17-8-10-20(26-3)21(13-17)27-4/h7-10,12-13,19,23H,5-6,11,14H2,1-4H3/t19-/m1/s1. The Kier molecular flexibility index (Phi) is 5.89. The first kappa shape index (κ1) is 19.1. The predicted molar refractivity (Wildman–Crippen MR) is 108 cm³/mol. The predicted octanol–water partition coefficient (Wildman–Crippen LogP) is 4.04. The van der Waals surface area contributed by atoms with E-state index in [1.54, 1.807) is 32.4 Å². The number of aryl methyl sites for hydroxylation is 2. The number of hydrogen-bond acceptors (Lipinski definition) is 4. The fourth-order valence-corrected chi connectivity index (χ4v) is 3.50. The second kappa shape index (κ2) is 8.33. The molecule has 0 aliphatic carbocycles. The maximum Gasteiger partial charge on any atom is 0.254 e. The van der Waals surface area contributed by atoms with Gasteiger partial charge >= 0.3 is 0 Å². The Hall–Kier alpha value is -2.69. The zero-order valence-electron chi connectivity index (χ0n) is 16.5. The number of amides is 1. The fourth-order valence-electron chi connectivity index (χ4n) is 3.50. The Morgan fingerprint density at radius 2 is 1.81 bits per heavy atom. The van der Waals surface area contributed by atoms with Crippen molar-refractivity contribution in [2.75, 3.05) is 32.6 Å². The molecule has 2 aromatic rings. The molecule has 1 atom stereocenters. The van der Waals surface area contributed by atoms with E-state index < -0.39 is 0 Å². The normalized spacial score (nSPS) is 16.7. The first-order chi connectivity index (χ1) is 13.0. The quantitative estimate of drug-likeness (QED) is 0.865. The van der Waals surface area contributed by atoms with Crippen molar-refractivity contribution in [1.29, 1.82) is 0 Å².